The van der Waals surface area contributed by atoms with Crippen LogP contribution in [0.15, 0.2) is 22.9 Å². The molecule has 0 amide bonds. The number of anilines is 1. The van der Waals surface area contributed by atoms with Gasteiger partial charge in [-0.2, -0.15) is 10.2 Å². The van der Waals surface area contributed by atoms with Gasteiger partial charge in [-0.05, 0) is 34.1 Å². The molecule has 0 aliphatic carbocycles. The van der Waals surface area contributed by atoms with Gasteiger partial charge >= 0.3 is 0 Å². The quantitative estimate of drug-likeness (QED) is 0.874. The Morgan fingerprint density at radius 2 is 2.25 bits per heavy atom. The predicted octanol–water partition coefficient (Wildman–Crippen LogP) is 2.14. The number of hydrogen-bond acceptors (Lipinski definition) is 4. The summed E-state index contributed by atoms with van der Waals surface area (Å²) in [7, 11) is 0. The lowest BCUT2D eigenvalue weighted by Gasteiger charge is -2.04. The zero-order valence-electron chi connectivity index (χ0n) is 7.85. The van der Waals surface area contributed by atoms with Crippen molar-refractivity contribution in [3.63, 3.8) is 0 Å². The summed E-state index contributed by atoms with van der Waals surface area (Å²) in [5.74, 6) is 0.146. The van der Waals surface area contributed by atoms with E-state index in [1.54, 1.807) is 18.2 Å². The van der Waals surface area contributed by atoms with Gasteiger partial charge in [0.05, 0.1) is 22.3 Å². The van der Waals surface area contributed by atoms with Crippen molar-refractivity contribution in [2.75, 3.05) is 5.73 Å². The van der Waals surface area contributed by atoms with E-state index in [1.807, 2.05) is 6.07 Å². The number of nitrogens with two attached hydrogens (primary N) is 1. The van der Waals surface area contributed by atoms with E-state index in [2.05, 4.69) is 26.0 Å². The molecule has 0 radical (unpaired) electrons. The second-order valence-corrected chi connectivity index (χ2v) is 4.05. The van der Waals surface area contributed by atoms with E-state index in [0.29, 0.717) is 21.0 Å². The summed E-state index contributed by atoms with van der Waals surface area (Å²) in [5.41, 5.74) is 6.55. The average molecular weight is 299 g/mol. The third kappa shape index (κ3) is 1.87. The number of halogens is 2. The van der Waals surface area contributed by atoms with E-state index in [-0.39, 0.29) is 5.95 Å². The molecule has 0 unspecified atom stereocenters. The second kappa shape index (κ2) is 4.12. The molecule has 0 fully saturated rings. The first-order chi connectivity index (χ1) is 7.61. The van der Waals surface area contributed by atoms with Crippen LogP contribution in [-0.2, 0) is 0 Å². The van der Waals surface area contributed by atoms with Gasteiger partial charge in [0.2, 0.25) is 10.7 Å². The van der Waals surface area contributed by atoms with Crippen molar-refractivity contribution in [1.29, 1.82) is 5.26 Å². The molecule has 0 saturated heterocycles. The molecular formula is C9H5BrClN5. The smallest absolute Gasteiger partial charge is 0.240 e. The zero-order valence-corrected chi connectivity index (χ0v) is 10.2. The molecule has 2 aromatic rings. The minimum Gasteiger partial charge on any atom is -0.366 e. The van der Waals surface area contributed by atoms with Crippen molar-refractivity contribution in [3.8, 4) is 11.8 Å². The highest BCUT2D eigenvalue weighted by Gasteiger charge is 2.10. The normalized spacial score (nSPS) is 10.1. The third-order valence-corrected chi connectivity index (χ3v) is 2.70. The summed E-state index contributed by atoms with van der Waals surface area (Å²) in [6, 6.07) is 6.88. The molecule has 0 saturated carbocycles. The van der Waals surface area contributed by atoms with Crippen LogP contribution in [0.3, 0.4) is 0 Å². The van der Waals surface area contributed by atoms with Crippen molar-refractivity contribution in [3.05, 3.63) is 33.5 Å². The Labute approximate surface area is 105 Å². The second-order valence-electron chi connectivity index (χ2n) is 2.93. The molecule has 0 bridgehead atoms. The number of nitrogen functional groups attached to an aromatic ring is 1. The number of rotatable bonds is 1. The summed E-state index contributed by atoms with van der Waals surface area (Å²) >= 11 is 9.23. The molecule has 0 aliphatic rings. The van der Waals surface area contributed by atoms with Crippen molar-refractivity contribution in [2.24, 2.45) is 0 Å². The van der Waals surface area contributed by atoms with Gasteiger partial charge < -0.3 is 5.73 Å². The lowest BCUT2D eigenvalue weighted by atomic mass is 10.2. The molecular weight excluding hydrogens is 293 g/mol. The van der Waals surface area contributed by atoms with E-state index in [1.165, 1.54) is 4.68 Å². The van der Waals surface area contributed by atoms with Gasteiger partial charge in [-0.25, -0.2) is 4.68 Å². The van der Waals surface area contributed by atoms with Gasteiger partial charge in [-0.15, -0.1) is 5.10 Å². The Hall–Kier alpha value is -1.58. The Kier molecular flexibility index (Phi) is 2.81. The molecule has 2 rings (SSSR count). The summed E-state index contributed by atoms with van der Waals surface area (Å²) < 4.78 is 1.91. The third-order valence-electron chi connectivity index (χ3n) is 1.89. The van der Waals surface area contributed by atoms with E-state index in [9.17, 15) is 0 Å². The Bertz CT molecular complexity index is 586. The molecule has 0 atom stereocenters. The van der Waals surface area contributed by atoms with Gasteiger partial charge in [0, 0.05) is 0 Å². The van der Waals surface area contributed by atoms with Crippen molar-refractivity contribution >= 4 is 33.5 Å². The number of nitriles is 1. The van der Waals surface area contributed by atoms with Crippen molar-refractivity contribution in [1.82, 2.24) is 14.8 Å². The minimum atomic E-state index is 0.146. The highest BCUT2D eigenvalue weighted by molar-refractivity contribution is 9.10. The molecule has 2 N–H and O–H groups in total. The zero-order chi connectivity index (χ0) is 11.7. The topological polar surface area (TPSA) is 80.5 Å². The van der Waals surface area contributed by atoms with Crippen LogP contribution in [0.25, 0.3) is 5.69 Å². The summed E-state index contributed by atoms with van der Waals surface area (Å²) in [6.07, 6.45) is 0. The minimum absolute atomic E-state index is 0.146. The number of aromatic nitrogens is 3. The highest BCUT2D eigenvalue weighted by Crippen LogP contribution is 2.24. The maximum absolute atomic E-state index is 8.71. The molecule has 1 aromatic heterocycles. The fourth-order valence-electron chi connectivity index (χ4n) is 1.21. The molecule has 0 spiro atoms. The highest BCUT2D eigenvalue weighted by atomic mass is 79.9. The Morgan fingerprint density at radius 1 is 1.50 bits per heavy atom. The van der Waals surface area contributed by atoms with Gasteiger partial charge in [0.1, 0.15) is 0 Å². The van der Waals surface area contributed by atoms with Gasteiger partial charge in [-0.1, -0.05) is 11.6 Å². The van der Waals surface area contributed by atoms with E-state index in [4.69, 9.17) is 22.6 Å². The van der Waals surface area contributed by atoms with Crippen molar-refractivity contribution < 1.29 is 0 Å². The van der Waals surface area contributed by atoms with E-state index >= 15 is 0 Å². The van der Waals surface area contributed by atoms with Crippen LogP contribution in [-0.4, -0.2) is 14.8 Å². The van der Waals surface area contributed by atoms with Crippen LogP contribution in [0, 0.1) is 11.3 Å². The van der Waals surface area contributed by atoms with E-state index in [0.717, 1.165) is 0 Å². The monoisotopic (exact) mass is 297 g/mol. The van der Waals surface area contributed by atoms with Crippen LogP contribution < -0.4 is 5.73 Å². The van der Waals surface area contributed by atoms with Crippen molar-refractivity contribution in [2.45, 2.75) is 0 Å². The molecule has 1 heterocycles. The van der Waals surface area contributed by atoms with Crippen LogP contribution in [0.2, 0.25) is 5.02 Å². The first-order valence-corrected chi connectivity index (χ1v) is 5.37. The van der Waals surface area contributed by atoms with Crippen LogP contribution in [0.5, 0.6) is 0 Å². The Morgan fingerprint density at radius 3 is 2.75 bits per heavy atom. The summed E-state index contributed by atoms with van der Waals surface area (Å²) in [6.45, 7) is 0. The number of benzene rings is 1. The molecule has 7 heteroatoms. The SMILES string of the molecule is N#Cc1ccc(-n2nc(N)nc2Br)c(Cl)c1. The number of nitrogens with zero attached hydrogens (tertiary/aromatic N) is 4. The fourth-order valence-corrected chi connectivity index (χ4v) is 1.92. The lowest BCUT2D eigenvalue weighted by molar-refractivity contribution is 0.860. The average Bonchev–Trinajstić information content (AvgIpc) is 2.57. The largest absolute Gasteiger partial charge is 0.366 e. The van der Waals surface area contributed by atoms with E-state index < -0.39 is 0 Å². The fraction of sp³-hybridized carbons (Fsp3) is 0. The molecule has 1 aromatic carbocycles. The van der Waals surface area contributed by atoms with Gasteiger partial charge in [-0.3, -0.25) is 0 Å². The van der Waals surface area contributed by atoms with Crippen LogP contribution >= 0.6 is 27.5 Å². The first kappa shape index (κ1) is 10.9. The molecule has 80 valence electrons. The van der Waals surface area contributed by atoms with Gasteiger partial charge in [0.15, 0.2) is 0 Å². The van der Waals surface area contributed by atoms with Crippen LogP contribution in [0.4, 0.5) is 5.95 Å². The number of hydrogen-bond donors (Lipinski definition) is 1. The molecule has 16 heavy (non-hydrogen) atoms. The predicted molar refractivity (Wildman–Crippen MR) is 63.2 cm³/mol. The maximum Gasteiger partial charge on any atom is 0.240 e. The Balaban J connectivity index is 2.57. The molecule has 0 aliphatic heterocycles. The maximum atomic E-state index is 8.71. The standard InChI is InChI=1S/C9H5BrClN5/c10-8-14-9(13)15-16(8)7-2-1-5(4-12)3-6(7)11/h1-3H,(H2,13,15). The summed E-state index contributed by atoms with van der Waals surface area (Å²) in [4.78, 5) is 3.89. The summed E-state index contributed by atoms with van der Waals surface area (Å²) in [5, 5.41) is 13.1. The van der Waals surface area contributed by atoms with Gasteiger partial charge in [0.25, 0.3) is 0 Å². The van der Waals surface area contributed by atoms with Crippen LogP contribution in [0.1, 0.15) is 5.56 Å². The molecule has 5 nitrogen and oxygen atoms in total. The lowest BCUT2D eigenvalue weighted by Crippen LogP contribution is -1.99. The first-order valence-electron chi connectivity index (χ1n) is 4.20.